The minimum Gasteiger partial charge on any atom is -0.468 e. The lowest BCUT2D eigenvalue weighted by molar-refractivity contribution is -0.111. The molecule has 9 nitrogen and oxygen atoms in total. The van der Waals surface area contributed by atoms with E-state index in [-0.39, 0.29) is 17.3 Å². The van der Waals surface area contributed by atoms with Crippen LogP contribution in [-0.4, -0.2) is 29.1 Å². The summed E-state index contributed by atoms with van der Waals surface area (Å²) in [6, 6.07) is 16.7. The van der Waals surface area contributed by atoms with Crippen LogP contribution in [0.2, 0.25) is 0 Å². The molecule has 0 radical (unpaired) electrons. The van der Waals surface area contributed by atoms with Crippen molar-refractivity contribution < 1.29 is 17.6 Å². The van der Waals surface area contributed by atoms with Crippen molar-refractivity contribution in [3.63, 3.8) is 0 Å². The molecule has 162 valence electrons. The SMILES string of the molecule is O=C(/C=C/c1ccc(S(=O)(=O)NCc2ccco2)cc1)Nc1ccc(-n2cncn2)cc1. The Morgan fingerprint density at radius 3 is 2.50 bits per heavy atom. The predicted molar refractivity (Wildman–Crippen MR) is 118 cm³/mol. The summed E-state index contributed by atoms with van der Waals surface area (Å²) in [5.41, 5.74) is 2.14. The molecular weight excluding hydrogens is 430 g/mol. The average molecular weight is 449 g/mol. The second-order valence-electron chi connectivity index (χ2n) is 6.68. The molecule has 32 heavy (non-hydrogen) atoms. The van der Waals surface area contributed by atoms with Crippen LogP contribution in [0.1, 0.15) is 11.3 Å². The lowest BCUT2D eigenvalue weighted by Gasteiger charge is -2.06. The van der Waals surface area contributed by atoms with Crippen LogP contribution >= 0.6 is 0 Å². The molecule has 0 fully saturated rings. The summed E-state index contributed by atoms with van der Waals surface area (Å²) < 4.78 is 33.9. The van der Waals surface area contributed by atoms with Gasteiger partial charge in [-0.25, -0.2) is 22.8 Å². The molecule has 2 aromatic carbocycles. The van der Waals surface area contributed by atoms with E-state index in [1.165, 1.54) is 30.8 Å². The maximum Gasteiger partial charge on any atom is 0.248 e. The minimum absolute atomic E-state index is 0.0664. The van der Waals surface area contributed by atoms with Gasteiger partial charge in [-0.1, -0.05) is 12.1 Å². The first-order valence-corrected chi connectivity index (χ1v) is 11.0. The second-order valence-corrected chi connectivity index (χ2v) is 8.45. The minimum atomic E-state index is -3.67. The second kappa shape index (κ2) is 9.41. The summed E-state index contributed by atoms with van der Waals surface area (Å²) in [6.45, 7) is 0.0664. The Labute approximate surface area is 184 Å². The number of benzene rings is 2. The third-order valence-electron chi connectivity index (χ3n) is 4.45. The summed E-state index contributed by atoms with van der Waals surface area (Å²) in [6.07, 6.45) is 7.49. The van der Waals surface area contributed by atoms with Gasteiger partial charge in [0.25, 0.3) is 0 Å². The molecule has 1 amide bonds. The van der Waals surface area contributed by atoms with Gasteiger partial charge in [0.05, 0.1) is 23.4 Å². The van der Waals surface area contributed by atoms with E-state index in [1.54, 1.807) is 53.5 Å². The highest BCUT2D eigenvalue weighted by Gasteiger charge is 2.14. The molecule has 0 saturated carbocycles. The van der Waals surface area contributed by atoms with Gasteiger partial charge in [-0.3, -0.25) is 4.79 Å². The van der Waals surface area contributed by atoms with E-state index in [4.69, 9.17) is 4.42 Å². The lowest BCUT2D eigenvalue weighted by atomic mass is 10.2. The zero-order chi connectivity index (χ0) is 22.4. The van der Waals surface area contributed by atoms with Crippen molar-refractivity contribution in [2.45, 2.75) is 11.4 Å². The Morgan fingerprint density at radius 1 is 1.06 bits per heavy atom. The van der Waals surface area contributed by atoms with Gasteiger partial charge in [0, 0.05) is 11.8 Å². The fraction of sp³-hybridized carbons (Fsp3) is 0.0455. The lowest BCUT2D eigenvalue weighted by Crippen LogP contribution is -2.22. The molecular formula is C22H19N5O4S. The fourth-order valence-electron chi connectivity index (χ4n) is 2.82. The molecule has 0 bridgehead atoms. The van der Waals surface area contributed by atoms with Gasteiger partial charge in [0.1, 0.15) is 18.4 Å². The zero-order valence-electron chi connectivity index (χ0n) is 16.8. The molecule has 0 saturated heterocycles. The molecule has 0 unspecified atom stereocenters. The molecule has 0 aliphatic carbocycles. The van der Waals surface area contributed by atoms with E-state index in [1.807, 2.05) is 12.1 Å². The first kappa shape index (κ1) is 21.2. The van der Waals surface area contributed by atoms with Crippen molar-refractivity contribution in [1.29, 1.82) is 0 Å². The number of carbonyl (C=O) groups is 1. The van der Waals surface area contributed by atoms with Crippen molar-refractivity contribution in [2.24, 2.45) is 0 Å². The van der Waals surface area contributed by atoms with Gasteiger partial charge >= 0.3 is 0 Å². The number of sulfonamides is 1. The van der Waals surface area contributed by atoms with Crippen LogP contribution < -0.4 is 10.0 Å². The van der Waals surface area contributed by atoms with Crippen molar-refractivity contribution in [2.75, 3.05) is 5.32 Å². The van der Waals surface area contributed by atoms with Gasteiger partial charge < -0.3 is 9.73 Å². The fourth-order valence-corrected chi connectivity index (χ4v) is 3.81. The van der Waals surface area contributed by atoms with Crippen LogP contribution in [0.4, 0.5) is 5.69 Å². The molecule has 4 aromatic rings. The van der Waals surface area contributed by atoms with Crippen molar-refractivity contribution in [3.05, 3.63) is 97.0 Å². The Kier molecular flexibility index (Phi) is 6.24. The summed E-state index contributed by atoms with van der Waals surface area (Å²) in [5, 5.41) is 6.81. The highest BCUT2D eigenvalue weighted by molar-refractivity contribution is 7.89. The number of carbonyl (C=O) groups excluding carboxylic acids is 1. The number of anilines is 1. The normalized spacial score (nSPS) is 11.6. The van der Waals surface area contributed by atoms with E-state index in [0.717, 1.165) is 5.69 Å². The van der Waals surface area contributed by atoms with E-state index in [2.05, 4.69) is 20.1 Å². The Balaban J connectivity index is 1.33. The Morgan fingerprint density at radius 2 is 1.84 bits per heavy atom. The molecule has 2 N–H and O–H groups in total. The molecule has 10 heteroatoms. The quantitative estimate of drug-likeness (QED) is 0.399. The van der Waals surface area contributed by atoms with Gasteiger partial charge in [-0.15, -0.1) is 0 Å². The molecule has 0 atom stereocenters. The monoisotopic (exact) mass is 449 g/mol. The topological polar surface area (TPSA) is 119 Å². The summed E-state index contributed by atoms with van der Waals surface area (Å²) in [4.78, 5) is 16.2. The third-order valence-corrected chi connectivity index (χ3v) is 5.87. The number of amides is 1. The standard InChI is InChI=1S/C22H19N5O4S/c28-22(26-18-6-8-19(9-7-18)27-16-23-15-24-27)12-5-17-3-10-21(11-4-17)32(29,30)25-14-20-2-1-13-31-20/h1-13,15-16,25H,14H2,(H,26,28)/b12-5+. The number of hydrogen-bond acceptors (Lipinski definition) is 6. The summed E-state index contributed by atoms with van der Waals surface area (Å²) in [7, 11) is -3.67. The van der Waals surface area contributed by atoms with Gasteiger partial charge in [0.2, 0.25) is 15.9 Å². The Hall–Kier alpha value is -4.02. The molecule has 0 spiro atoms. The molecule has 4 rings (SSSR count). The number of hydrogen-bond donors (Lipinski definition) is 2. The van der Waals surface area contributed by atoms with Gasteiger partial charge in [-0.05, 0) is 60.2 Å². The van der Waals surface area contributed by atoms with Gasteiger partial charge in [0.15, 0.2) is 0 Å². The van der Waals surface area contributed by atoms with Crippen LogP contribution in [0.5, 0.6) is 0 Å². The van der Waals surface area contributed by atoms with Crippen molar-refractivity contribution >= 4 is 27.7 Å². The molecule has 2 heterocycles. The highest BCUT2D eigenvalue weighted by Crippen LogP contribution is 2.14. The Bertz CT molecular complexity index is 1300. The number of rotatable bonds is 8. The summed E-state index contributed by atoms with van der Waals surface area (Å²) in [5.74, 6) is 0.211. The predicted octanol–water partition coefficient (Wildman–Crippen LogP) is 2.99. The third kappa shape index (κ3) is 5.36. The first-order chi connectivity index (χ1) is 15.5. The maximum atomic E-state index is 12.4. The maximum absolute atomic E-state index is 12.4. The van der Waals surface area contributed by atoms with Crippen molar-refractivity contribution in [1.82, 2.24) is 19.5 Å². The van der Waals surface area contributed by atoms with Crippen molar-refractivity contribution in [3.8, 4) is 5.69 Å². The van der Waals surface area contributed by atoms with E-state index in [9.17, 15) is 13.2 Å². The van der Waals surface area contributed by atoms with Crippen LogP contribution in [0, 0.1) is 0 Å². The average Bonchev–Trinajstić information content (AvgIpc) is 3.52. The number of furan rings is 1. The van der Waals surface area contributed by atoms with E-state index in [0.29, 0.717) is 17.0 Å². The van der Waals surface area contributed by atoms with Crippen LogP contribution in [0.25, 0.3) is 11.8 Å². The zero-order valence-corrected chi connectivity index (χ0v) is 17.6. The largest absolute Gasteiger partial charge is 0.468 e. The van der Waals surface area contributed by atoms with E-state index >= 15 is 0 Å². The van der Waals surface area contributed by atoms with Crippen LogP contribution in [0.3, 0.4) is 0 Å². The highest BCUT2D eigenvalue weighted by atomic mass is 32.2. The number of nitrogens with zero attached hydrogens (tertiary/aromatic N) is 3. The smallest absolute Gasteiger partial charge is 0.248 e. The van der Waals surface area contributed by atoms with E-state index < -0.39 is 10.0 Å². The molecule has 0 aliphatic heterocycles. The number of aromatic nitrogens is 3. The number of nitrogens with one attached hydrogen (secondary N) is 2. The van der Waals surface area contributed by atoms with Gasteiger partial charge in [-0.2, -0.15) is 5.10 Å². The van der Waals surface area contributed by atoms with Crippen LogP contribution in [-0.2, 0) is 21.4 Å². The van der Waals surface area contributed by atoms with Crippen LogP contribution in [0.15, 0.2) is 95.0 Å². The first-order valence-electron chi connectivity index (χ1n) is 9.56. The molecule has 2 aromatic heterocycles. The summed E-state index contributed by atoms with van der Waals surface area (Å²) >= 11 is 0. The molecule has 0 aliphatic rings.